The molecular weight excluding hydrogens is 517 g/mol. The lowest BCUT2D eigenvalue weighted by atomic mass is 10.1. The number of anilines is 1. The smallest absolute Gasteiger partial charge is 0.244 e. The fraction of sp³-hybridized carbons (Fsp3) is 0.391. The van der Waals surface area contributed by atoms with Gasteiger partial charge in [-0.05, 0) is 30.7 Å². The molecule has 192 valence electrons. The fourth-order valence-corrected chi connectivity index (χ4v) is 4.89. The summed E-state index contributed by atoms with van der Waals surface area (Å²) in [5.41, 5.74) is 0.644. The molecule has 2 aromatic carbocycles. The van der Waals surface area contributed by atoms with Crippen molar-refractivity contribution in [3.05, 3.63) is 52.0 Å². The van der Waals surface area contributed by atoms with E-state index in [0.29, 0.717) is 27.1 Å². The second-order valence-electron chi connectivity index (χ2n) is 7.57. The molecular formula is C23H29Cl2N3O6S. The van der Waals surface area contributed by atoms with Gasteiger partial charge in [-0.2, -0.15) is 0 Å². The number of carbonyl (C=O) groups is 2. The van der Waals surface area contributed by atoms with E-state index in [4.69, 9.17) is 32.7 Å². The molecule has 12 heteroatoms. The third-order valence-electron chi connectivity index (χ3n) is 5.36. The lowest BCUT2D eigenvalue weighted by molar-refractivity contribution is -0.140. The summed E-state index contributed by atoms with van der Waals surface area (Å²) in [7, 11) is 0.433. The Labute approximate surface area is 215 Å². The Morgan fingerprint density at radius 1 is 1.06 bits per heavy atom. The van der Waals surface area contributed by atoms with Gasteiger partial charge in [0.1, 0.15) is 12.6 Å². The first-order valence-corrected chi connectivity index (χ1v) is 13.2. The normalized spacial score (nSPS) is 12.0. The van der Waals surface area contributed by atoms with Crippen molar-refractivity contribution in [2.24, 2.45) is 0 Å². The molecule has 2 aromatic rings. The summed E-state index contributed by atoms with van der Waals surface area (Å²) in [5, 5.41) is 3.19. The van der Waals surface area contributed by atoms with Gasteiger partial charge >= 0.3 is 0 Å². The SMILES string of the molecule is CC[C@@H](C(=O)NC)N(Cc1c(Cl)cccc1Cl)C(=O)CN(c1ccc(OC)c(OC)c1)S(C)(=O)=O. The largest absolute Gasteiger partial charge is 0.493 e. The lowest BCUT2D eigenvalue weighted by Gasteiger charge is -2.33. The Morgan fingerprint density at radius 3 is 2.14 bits per heavy atom. The van der Waals surface area contributed by atoms with E-state index in [0.717, 1.165) is 10.6 Å². The molecule has 2 amide bonds. The topological polar surface area (TPSA) is 105 Å². The number of likely N-dealkylation sites (N-methyl/N-ethyl adjacent to an activating group) is 1. The van der Waals surface area contributed by atoms with Crippen molar-refractivity contribution in [1.82, 2.24) is 10.2 Å². The molecule has 0 saturated carbocycles. The average Bonchev–Trinajstić information content (AvgIpc) is 2.82. The fourth-order valence-electron chi connectivity index (χ4n) is 3.53. The summed E-state index contributed by atoms with van der Waals surface area (Å²) in [6.45, 7) is 1.09. The Balaban J connectivity index is 2.53. The monoisotopic (exact) mass is 545 g/mol. The van der Waals surface area contributed by atoms with Gasteiger partial charge in [0, 0.05) is 35.3 Å². The number of nitrogens with one attached hydrogen (secondary N) is 1. The molecule has 0 saturated heterocycles. The predicted octanol–water partition coefficient (Wildman–Crippen LogP) is 3.33. The van der Waals surface area contributed by atoms with E-state index in [1.165, 1.54) is 44.4 Å². The summed E-state index contributed by atoms with van der Waals surface area (Å²) in [6.07, 6.45) is 1.27. The minimum atomic E-state index is -3.90. The van der Waals surface area contributed by atoms with Gasteiger partial charge in [0.05, 0.1) is 26.2 Å². The molecule has 35 heavy (non-hydrogen) atoms. The number of halogens is 2. The zero-order valence-electron chi connectivity index (χ0n) is 20.2. The molecule has 0 unspecified atom stereocenters. The molecule has 0 spiro atoms. The standard InChI is InChI=1S/C23H29Cl2N3O6S/c1-6-19(23(30)26-2)27(13-16-17(24)8-7-9-18(16)25)22(29)14-28(35(5,31)32)15-10-11-20(33-3)21(12-15)34-4/h7-12,19H,6,13-14H2,1-5H3,(H,26,30)/t19-/m0/s1. The van der Waals surface area contributed by atoms with Gasteiger partial charge in [-0.3, -0.25) is 13.9 Å². The quantitative estimate of drug-likeness (QED) is 0.464. The van der Waals surface area contributed by atoms with Crippen molar-refractivity contribution in [3.63, 3.8) is 0 Å². The van der Waals surface area contributed by atoms with E-state index < -0.39 is 34.4 Å². The highest BCUT2D eigenvalue weighted by Crippen LogP contribution is 2.33. The summed E-state index contributed by atoms with van der Waals surface area (Å²) in [4.78, 5) is 27.5. The predicted molar refractivity (Wildman–Crippen MR) is 137 cm³/mol. The van der Waals surface area contributed by atoms with Crippen LogP contribution in [-0.2, 0) is 26.2 Å². The van der Waals surface area contributed by atoms with Gasteiger partial charge in [-0.25, -0.2) is 8.42 Å². The van der Waals surface area contributed by atoms with Crippen LogP contribution in [0.2, 0.25) is 10.0 Å². The summed E-state index contributed by atoms with van der Waals surface area (Å²) >= 11 is 12.6. The molecule has 0 fully saturated rings. The Kier molecular flexibility index (Phi) is 10.1. The van der Waals surface area contributed by atoms with Gasteiger partial charge in [-0.1, -0.05) is 36.2 Å². The van der Waals surface area contributed by atoms with Crippen LogP contribution in [0.4, 0.5) is 5.69 Å². The summed E-state index contributed by atoms with van der Waals surface area (Å²) in [6, 6.07) is 8.53. The van der Waals surface area contributed by atoms with Crippen LogP contribution in [0.25, 0.3) is 0 Å². The number of benzene rings is 2. The third kappa shape index (κ3) is 6.93. The first-order valence-electron chi connectivity index (χ1n) is 10.6. The third-order valence-corrected chi connectivity index (χ3v) is 7.21. The molecule has 1 atom stereocenters. The van der Waals surface area contributed by atoms with E-state index in [-0.39, 0.29) is 18.7 Å². The molecule has 2 rings (SSSR count). The summed E-state index contributed by atoms with van der Waals surface area (Å²) < 4.78 is 36.8. The van der Waals surface area contributed by atoms with E-state index in [9.17, 15) is 18.0 Å². The number of sulfonamides is 1. The minimum absolute atomic E-state index is 0.0905. The van der Waals surface area contributed by atoms with Gasteiger partial charge in [0.25, 0.3) is 0 Å². The molecule has 0 bridgehead atoms. The van der Waals surface area contributed by atoms with Gasteiger partial charge in [0.15, 0.2) is 11.5 Å². The minimum Gasteiger partial charge on any atom is -0.493 e. The molecule has 0 aromatic heterocycles. The van der Waals surface area contributed by atoms with Crippen LogP contribution in [0.1, 0.15) is 18.9 Å². The highest BCUT2D eigenvalue weighted by atomic mass is 35.5. The number of nitrogens with zero attached hydrogens (tertiary/aromatic N) is 2. The number of methoxy groups -OCH3 is 2. The number of hydrogen-bond acceptors (Lipinski definition) is 6. The maximum atomic E-state index is 13.6. The molecule has 0 aliphatic carbocycles. The van der Waals surface area contributed by atoms with Crippen LogP contribution in [-0.4, -0.2) is 65.2 Å². The van der Waals surface area contributed by atoms with Crippen molar-refractivity contribution in [1.29, 1.82) is 0 Å². The first-order chi connectivity index (χ1) is 16.5. The van der Waals surface area contributed by atoms with Crippen molar-refractivity contribution in [2.45, 2.75) is 25.9 Å². The number of rotatable bonds is 11. The molecule has 9 nitrogen and oxygen atoms in total. The van der Waals surface area contributed by atoms with Crippen LogP contribution < -0.4 is 19.1 Å². The zero-order valence-corrected chi connectivity index (χ0v) is 22.5. The number of hydrogen-bond donors (Lipinski definition) is 1. The van der Waals surface area contributed by atoms with Gasteiger partial charge in [-0.15, -0.1) is 0 Å². The molecule has 0 heterocycles. The van der Waals surface area contributed by atoms with Crippen molar-refractivity contribution < 1.29 is 27.5 Å². The van der Waals surface area contributed by atoms with Crippen molar-refractivity contribution in [3.8, 4) is 11.5 Å². The van der Waals surface area contributed by atoms with Crippen molar-refractivity contribution in [2.75, 3.05) is 38.4 Å². The molecule has 1 N–H and O–H groups in total. The van der Waals surface area contributed by atoms with Crippen LogP contribution in [0.3, 0.4) is 0 Å². The molecule has 0 aliphatic rings. The number of amides is 2. The second-order valence-corrected chi connectivity index (χ2v) is 10.3. The Bertz CT molecular complexity index is 1160. The van der Waals surface area contributed by atoms with Crippen LogP contribution >= 0.6 is 23.2 Å². The highest BCUT2D eigenvalue weighted by molar-refractivity contribution is 7.92. The number of ether oxygens (including phenoxy) is 2. The lowest BCUT2D eigenvalue weighted by Crippen LogP contribution is -2.51. The maximum absolute atomic E-state index is 13.6. The van der Waals surface area contributed by atoms with Crippen LogP contribution in [0.15, 0.2) is 36.4 Å². The highest BCUT2D eigenvalue weighted by Gasteiger charge is 2.32. The van der Waals surface area contributed by atoms with Gasteiger partial charge in [0.2, 0.25) is 21.8 Å². The second kappa shape index (κ2) is 12.3. The van der Waals surface area contributed by atoms with Crippen molar-refractivity contribution >= 4 is 50.7 Å². The first kappa shape index (κ1) is 28.5. The van der Waals surface area contributed by atoms with E-state index in [1.54, 1.807) is 25.1 Å². The molecule has 0 aliphatic heterocycles. The van der Waals surface area contributed by atoms with E-state index in [2.05, 4.69) is 5.32 Å². The molecule has 0 radical (unpaired) electrons. The van der Waals surface area contributed by atoms with Crippen LogP contribution in [0, 0.1) is 0 Å². The van der Waals surface area contributed by atoms with Crippen LogP contribution in [0.5, 0.6) is 11.5 Å². The van der Waals surface area contributed by atoms with Gasteiger partial charge < -0.3 is 19.7 Å². The summed E-state index contributed by atoms with van der Waals surface area (Å²) in [5.74, 6) is -0.322. The number of carbonyl (C=O) groups excluding carboxylic acids is 2. The maximum Gasteiger partial charge on any atom is 0.244 e. The van der Waals surface area contributed by atoms with E-state index in [1.807, 2.05) is 0 Å². The Hall–Kier alpha value is -2.69. The van der Waals surface area contributed by atoms with E-state index >= 15 is 0 Å². The zero-order chi connectivity index (χ0) is 26.3. The Morgan fingerprint density at radius 2 is 1.66 bits per heavy atom. The average molecular weight is 546 g/mol.